The van der Waals surface area contributed by atoms with Crippen LogP contribution in [-0.4, -0.2) is 21.0 Å². The highest BCUT2D eigenvalue weighted by Crippen LogP contribution is 2.45. The molecular weight excluding hydrogens is 429 g/mol. The molecule has 0 bridgehead atoms. The lowest BCUT2D eigenvalue weighted by Gasteiger charge is -2.27. The molecule has 1 aliphatic heterocycles. The number of H-pyrrole nitrogens is 1. The first kappa shape index (κ1) is 19.9. The summed E-state index contributed by atoms with van der Waals surface area (Å²) in [6.45, 7) is 2.50. The van der Waals surface area contributed by atoms with E-state index in [1.54, 1.807) is 12.1 Å². The molecule has 0 fully saturated rings. The number of amides is 1. The van der Waals surface area contributed by atoms with E-state index in [1.165, 1.54) is 0 Å². The van der Waals surface area contributed by atoms with Gasteiger partial charge in [0.1, 0.15) is 5.69 Å². The summed E-state index contributed by atoms with van der Waals surface area (Å²) in [4.78, 5) is 15.3. The van der Waals surface area contributed by atoms with E-state index in [0.29, 0.717) is 22.3 Å². The van der Waals surface area contributed by atoms with Crippen molar-refractivity contribution in [1.29, 1.82) is 0 Å². The lowest BCUT2D eigenvalue weighted by molar-refractivity contribution is 0.0730. The topological polar surface area (TPSA) is 49.0 Å². The molecule has 1 atom stereocenters. The molecular formula is C25H19Cl2N3O. The molecule has 1 amide bonds. The Morgan fingerprint density at radius 1 is 1.00 bits per heavy atom. The van der Waals surface area contributed by atoms with E-state index < -0.39 is 0 Å². The van der Waals surface area contributed by atoms with E-state index in [9.17, 15) is 4.79 Å². The number of benzene rings is 3. The van der Waals surface area contributed by atoms with Gasteiger partial charge in [-0.05, 0) is 30.2 Å². The van der Waals surface area contributed by atoms with Crippen LogP contribution in [0.3, 0.4) is 0 Å². The number of rotatable bonds is 4. The summed E-state index contributed by atoms with van der Waals surface area (Å²) in [7, 11) is 0. The normalized spacial score (nSPS) is 15.4. The van der Waals surface area contributed by atoms with Gasteiger partial charge in [0.15, 0.2) is 0 Å². The van der Waals surface area contributed by atoms with Crippen molar-refractivity contribution in [3.05, 3.63) is 111 Å². The molecule has 31 heavy (non-hydrogen) atoms. The molecule has 0 spiro atoms. The third kappa shape index (κ3) is 3.52. The van der Waals surface area contributed by atoms with Gasteiger partial charge >= 0.3 is 0 Å². The Kier molecular flexibility index (Phi) is 5.05. The van der Waals surface area contributed by atoms with Crippen molar-refractivity contribution in [2.75, 3.05) is 0 Å². The number of hydrogen-bond acceptors (Lipinski definition) is 2. The standard InChI is InChI=1S/C25H19Cl2N3O/c1-15-7-9-17(10-8-15)22-21-23(29-28-22)25(31)30(14-16-5-3-2-4-6-16)24(21)19-12-11-18(26)13-20(19)27/h2-13,24H,14H2,1H3,(H,28,29). The molecule has 4 nitrogen and oxygen atoms in total. The fraction of sp³-hybridized carbons (Fsp3) is 0.120. The predicted molar refractivity (Wildman–Crippen MR) is 123 cm³/mol. The molecule has 1 unspecified atom stereocenters. The highest BCUT2D eigenvalue weighted by Gasteiger charge is 2.42. The Balaban J connectivity index is 1.68. The van der Waals surface area contributed by atoms with E-state index in [1.807, 2.05) is 72.5 Å². The molecule has 4 aromatic rings. The van der Waals surface area contributed by atoms with Crippen molar-refractivity contribution >= 4 is 29.1 Å². The predicted octanol–water partition coefficient (Wildman–Crippen LogP) is 6.44. The van der Waals surface area contributed by atoms with Gasteiger partial charge in [0.2, 0.25) is 0 Å². The van der Waals surface area contributed by atoms with Crippen LogP contribution in [0.1, 0.15) is 38.8 Å². The second-order valence-electron chi connectivity index (χ2n) is 7.71. The smallest absolute Gasteiger partial charge is 0.273 e. The number of carbonyl (C=O) groups is 1. The fourth-order valence-electron chi connectivity index (χ4n) is 4.12. The van der Waals surface area contributed by atoms with Crippen LogP contribution in [0.5, 0.6) is 0 Å². The van der Waals surface area contributed by atoms with Crippen molar-refractivity contribution in [3.8, 4) is 11.3 Å². The molecule has 6 heteroatoms. The lowest BCUT2D eigenvalue weighted by atomic mass is 9.95. The molecule has 5 rings (SSSR count). The van der Waals surface area contributed by atoms with Crippen molar-refractivity contribution in [2.24, 2.45) is 0 Å². The van der Waals surface area contributed by atoms with Gasteiger partial charge < -0.3 is 4.90 Å². The lowest BCUT2D eigenvalue weighted by Crippen LogP contribution is -2.29. The maximum absolute atomic E-state index is 13.4. The zero-order chi connectivity index (χ0) is 21.5. The van der Waals surface area contributed by atoms with Gasteiger partial charge in [-0.3, -0.25) is 9.89 Å². The summed E-state index contributed by atoms with van der Waals surface area (Å²) < 4.78 is 0. The Morgan fingerprint density at radius 2 is 1.74 bits per heavy atom. The van der Waals surface area contributed by atoms with Crippen LogP contribution in [0.2, 0.25) is 10.0 Å². The van der Waals surface area contributed by atoms with Crippen molar-refractivity contribution in [1.82, 2.24) is 15.1 Å². The minimum atomic E-state index is -0.373. The largest absolute Gasteiger partial charge is 0.322 e. The van der Waals surface area contributed by atoms with Gasteiger partial charge in [-0.1, -0.05) is 89.4 Å². The first-order chi connectivity index (χ1) is 15.0. The number of aromatic amines is 1. The van der Waals surface area contributed by atoms with Gasteiger partial charge in [-0.15, -0.1) is 0 Å². The minimum Gasteiger partial charge on any atom is -0.322 e. The first-order valence-corrected chi connectivity index (χ1v) is 10.7. The van der Waals surface area contributed by atoms with Crippen molar-refractivity contribution < 1.29 is 4.79 Å². The summed E-state index contributed by atoms with van der Waals surface area (Å²) in [6, 6.07) is 23.1. The highest BCUT2D eigenvalue weighted by molar-refractivity contribution is 6.35. The quantitative estimate of drug-likeness (QED) is 0.391. The van der Waals surface area contributed by atoms with Gasteiger partial charge in [0.25, 0.3) is 5.91 Å². The number of fused-ring (bicyclic) bond motifs is 1. The van der Waals surface area contributed by atoms with E-state index in [-0.39, 0.29) is 11.9 Å². The van der Waals surface area contributed by atoms with Crippen molar-refractivity contribution in [2.45, 2.75) is 19.5 Å². The number of nitrogens with one attached hydrogen (secondary N) is 1. The maximum atomic E-state index is 13.4. The molecule has 0 radical (unpaired) electrons. The average Bonchev–Trinajstić information content (AvgIpc) is 3.30. The molecule has 1 N–H and O–H groups in total. The monoisotopic (exact) mass is 447 g/mol. The Hall–Kier alpha value is -3.08. The zero-order valence-corrected chi connectivity index (χ0v) is 18.3. The van der Waals surface area contributed by atoms with E-state index in [0.717, 1.165) is 33.5 Å². The van der Waals surface area contributed by atoms with Crippen LogP contribution in [0.25, 0.3) is 11.3 Å². The molecule has 0 saturated carbocycles. The van der Waals surface area contributed by atoms with Crippen LogP contribution in [-0.2, 0) is 6.54 Å². The number of halogens is 2. The third-order valence-corrected chi connectivity index (χ3v) is 6.20. The molecule has 1 aromatic heterocycles. The third-order valence-electron chi connectivity index (χ3n) is 5.64. The first-order valence-electron chi connectivity index (χ1n) is 9.98. The van der Waals surface area contributed by atoms with Gasteiger partial charge in [0, 0.05) is 27.7 Å². The van der Waals surface area contributed by atoms with E-state index >= 15 is 0 Å². The summed E-state index contributed by atoms with van der Waals surface area (Å²) in [5.41, 5.74) is 6.08. The molecule has 0 saturated heterocycles. The SMILES string of the molecule is Cc1ccc(-c2n[nH]c3c2C(c2ccc(Cl)cc2Cl)N(Cc2ccccc2)C3=O)cc1. The number of carbonyl (C=O) groups excluding carboxylic acids is 1. The van der Waals surface area contributed by atoms with Crippen LogP contribution in [0.4, 0.5) is 0 Å². The summed E-state index contributed by atoms with van der Waals surface area (Å²) >= 11 is 12.8. The average molecular weight is 448 g/mol. The Labute approximate surface area is 190 Å². The van der Waals surface area contributed by atoms with Gasteiger partial charge in [0.05, 0.1) is 11.7 Å². The fourth-order valence-corrected chi connectivity index (χ4v) is 4.63. The summed E-state index contributed by atoms with van der Waals surface area (Å²) in [5, 5.41) is 8.57. The summed E-state index contributed by atoms with van der Waals surface area (Å²) in [6.07, 6.45) is 0. The van der Waals surface area contributed by atoms with Crippen LogP contribution in [0.15, 0.2) is 72.8 Å². The van der Waals surface area contributed by atoms with Crippen molar-refractivity contribution in [3.63, 3.8) is 0 Å². The van der Waals surface area contributed by atoms with Crippen LogP contribution in [0, 0.1) is 6.92 Å². The molecule has 2 heterocycles. The zero-order valence-electron chi connectivity index (χ0n) is 16.8. The van der Waals surface area contributed by atoms with Gasteiger partial charge in [-0.2, -0.15) is 5.10 Å². The number of hydrogen-bond donors (Lipinski definition) is 1. The van der Waals surface area contributed by atoms with Crippen LogP contribution >= 0.6 is 23.2 Å². The number of aromatic nitrogens is 2. The minimum absolute atomic E-state index is 0.0965. The second kappa shape index (κ2) is 7.88. The number of nitrogens with zero attached hydrogens (tertiary/aromatic N) is 2. The highest BCUT2D eigenvalue weighted by atomic mass is 35.5. The van der Waals surface area contributed by atoms with Crippen LogP contribution < -0.4 is 0 Å². The second-order valence-corrected chi connectivity index (χ2v) is 8.56. The molecule has 154 valence electrons. The summed E-state index contributed by atoms with van der Waals surface area (Å²) in [5.74, 6) is -0.0965. The molecule has 0 aliphatic carbocycles. The van der Waals surface area contributed by atoms with Gasteiger partial charge in [-0.25, -0.2) is 0 Å². The molecule has 3 aromatic carbocycles. The number of aryl methyl sites for hydroxylation is 1. The Morgan fingerprint density at radius 3 is 2.45 bits per heavy atom. The van der Waals surface area contributed by atoms with E-state index in [2.05, 4.69) is 10.2 Å². The Bertz CT molecular complexity index is 1270. The molecule has 1 aliphatic rings. The van der Waals surface area contributed by atoms with E-state index in [4.69, 9.17) is 23.2 Å². The maximum Gasteiger partial charge on any atom is 0.273 e.